The molecule has 22 heavy (non-hydrogen) atoms. The van der Waals surface area contributed by atoms with Crippen molar-refractivity contribution in [2.75, 3.05) is 5.32 Å². The van der Waals surface area contributed by atoms with Crippen LogP contribution in [-0.2, 0) is 12.7 Å². The van der Waals surface area contributed by atoms with Crippen molar-refractivity contribution in [1.82, 2.24) is 5.32 Å². The van der Waals surface area contributed by atoms with Crippen LogP contribution in [0.5, 0.6) is 0 Å². The highest BCUT2D eigenvalue weighted by atomic mass is 35.5. The number of alkyl halides is 3. The molecule has 0 aromatic heterocycles. The number of hydrogen-bond acceptors (Lipinski definition) is 1. The molecule has 0 atom stereocenters. The van der Waals surface area contributed by atoms with Crippen LogP contribution in [0.1, 0.15) is 11.1 Å². The van der Waals surface area contributed by atoms with Gasteiger partial charge in [-0.25, -0.2) is 4.79 Å². The molecule has 0 spiro atoms. The number of anilines is 1. The second kappa shape index (κ2) is 6.70. The molecule has 0 aliphatic rings. The highest BCUT2D eigenvalue weighted by Gasteiger charge is 2.32. The van der Waals surface area contributed by atoms with Crippen LogP contribution in [-0.4, -0.2) is 6.03 Å². The largest absolute Gasteiger partial charge is 0.416 e. The number of rotatable bonds is 3. The van der Waals surface area contributed by atoms with E-state index in [0.29, 0.717) is 10.7 Å². The summed E-state index contributed by atoms with van der Waals surface area (Å²) in [5.41, 5.74) is -0.400. The zero-order valence-corrected chi connectivity index (χ0v) is 12.0. The van der Waals surface area contributed by atoms with Crippen LogP contribution in [0.25, 0.3) is 0 Å². The van der Waals surface area contributed by atoms with E-state index in [2.05, 4.69) is 10.6 Å². The summed E-state index contributed by atoms with van der Waals surface area (Å²) in [7, 11) is 0. The van der Waals surface area contributed by atoms with Crippen molar-refractivity contribution in [3.63, 3.8) is 0 Å². The monoisotopic (exact) mass is 328 g/mol. The van der Waals surface area contributed by atoms with E-state index in [4.69, 9.17) is 11.6 Å². The highest BCUT2D eigenvalue weighted by Crippen LogP contribution is 2.31. The van der Waals surface area contributed by atoms with E-state index in [-0.39, 0.29) is 12.1 Å². The first-order chi connectivity index (χ1) is 10.4. The van der Waals surface area contributed by atoms with Gasteiger partial charge in [-0.05, 0) is 23.8 Å². The summed E-state index contributed by atoms with van der Waals surface area (Å²) in [6.07, 6.45) is -4.46. The molecule has 3 nitrogen and oxygen atoms in total. The lowest BCUT2D eigenvalue weighted by Gasteiger charge is -2.14. The van der Waals surface area contributed by atoms with Crippen LogP contribution in [0.2, 0.25) is 5.02 Å². The van der Waals surface area contributed by atoms with Crippen LogP contribution < -0.4 is 10.6 Å². The number of nitrogens with one attached hydrogen (secondary N) is 2. The maximum Gasteiger partial charge on any atom is 0.416 e. The lowest BCUT2D eigenvalue weighted by atomic mass is 10.1. The third-order valence-corrected chi connectivity index (χ3v) is 3.21. The fourth-order valence-electron chi connectivity index (χ4n) is 1.86. The lowest BCUT2D eigenvalue weighted by Crippen LogP contribution is -2.29. The molecule has 7 heteroatoms. The first-order valence-corrected chi connectivity index (χ1v) is 6.70. The molecule has 0 heterocycles. The first kappa shape index (κ1) is 16.2. The third kappa shape index (κ3) is 4.14. The smallest absolute Gasteiger partial charge is 0.334 e. The van der Waals surface area contributed by atoms with Gasteiger partial charge < -0.3 is 10.6 Å². The average molecular weight is 329 g/mol. The van der Waals surface area contributed by atoms with Crippen molar-refractivity contribution in [2.45, 2.75) is 12.7 Å². The molecule has 0 saturated heterocycles. The van der Waals surface area contributed by atoms with Crippen molar-refractivity contribution in [1.29, 1.82) is 0 Å². The predicted octanol–water partition coefficient (Wildman–Crippen LogP) is 4.68. The summed E-state index contributed by atoms with van der Waals surface area (Å²) in [6.45, 7) is -0.244. The SMILES string of the molecule is O=C(NCc1ccccc1C(F)(F)F)Nc1ccccc1Cl. The Bertz CT molecular complexity index is 674. The molecule has 2 aromatic carbocycles. The third-order valence-electron chi connectivity index (χ3n) is 2.88. The van der Waals surface area contributed by atoms with Gasteiger partial charge in [-0.2, -0.15) is 13.2 Å². The maximum atomic E-state index is 12.8. The summed E-state index contributed by atoms with van der Waals surface area (Å²) in [5, 5.41) is 5.19. The number of urea groups is 1. The summed E-state index contributed by atoms with van der Waals surface area (Å²) < 4.78 is 38.5. The number of carbonyl (C=O) groups excluding carboxylic acids is 1. The quantitative estimate of drug-likeness (QED) is 0.844. The Balaban J connectivity index is 2.02. The summed E-state index contributed by atoms with van der Waals surface area (Å²) in [6, 6.07) is 11.0. The number of para-hydroxylation sites is 1. The Kier molecular flexibility index (Phi) is 4.92. The number of amides is 2. The van der Waals surface area contributed by atoms with Crippen molar-refractivity contribution in [3.8, 4) is 0 Å². The number of halogens is 4. The van der Waals surface area contributed by atoms with Crippen molar-refractivity contribution >= 4 is 23.3 Å². The van der Waals surface area contributed by atoms with E-state index >= 15 is 0 Å². The van der Waals surface area contributed by atoms with E-state index < -0.39 is 17.8 Å². The molecule has 0 aliphatic carbocycles. The number of benzene rings is 2. The highest BCUT2D eigenvalue weighted by molar-refractivity contribution is 6.33. The minimum atomic E-state index is -4.46. The van der Waals surface area contributed by atoms with E-state index in [9.17, 15) is 18.0 Å². The number of hydrogen-bond donors (Lipinski definition) is 2. The molecular weight excluding hydrogens is 317 g/mol. The maximum absolute atomic E-state index is 12.8. The standard InChI is InChI=1S/C15H12ClF3N2O/c16-12-7-3-4-8-13(12)21-14(22)20-9-10-5-1-2-6-11(10)15(17,18)19/h1-8H,9H2,(H2,20,21,22). The second-order valence-electron chi connectivity index (χ2n) is 4.44. The zero-order chi connectivity index (χ0) is 16.2. The minimum absolute atomic E-state index is 0.00990. The van der Waals surface area contributed by atoms with Crippen LogP contribution in [0, 0.1) is 0 Å². The molecule has 0 fully saturated rings. The van der Waals surface area contributed by atoms with Gasteiger partial charge in [0, 0.05) is 6.54 Å². The minimum Gasteiger partial charge on any atom is -0.334 e. The van der Waals surface area contributed by atoms with Gasteiger partial charge >= 0.3 is 12.2 Å². The van der Waals surface area contributed by atoms with E-state index in [0.717, 1.165) is 6.07 Å². The van der Waals surface area contributed by atoms with E-state index in [1.807, 2.05) is 0 Å². The Morgan fingerprint density at radius 3 is 2.36 bits per heavy atom. The van der Waals surface area contributed by atoms with Gasteiger partial charge in [-0.1, -0.05) is 41.9 Å². The summed E-state index contributed by atoms with van der Waals surface area (Å²) >= 11 is 5.88. The van der Waals surface area contributed by atoms with E-state index in [1.165, 1.54) is 18.2 Å². The zero-order valence-electron chi connectivity index (χ0n) is 11.2. The Labute approximate surface area is 130 Å². The molecule has 2 N–H and O–H groups in total. The van der Waals surface area contributed by atoms with E-state index in [1.54, 1.807) is 24.3 Å². The summed E-state index contributed by atoms with van der Waals surface area (Å²) in [5.74, 6) is 0. The van der Waals surface area contributed by atoms with Gasteiger partial charge in [0.1, 0.15) is 0 Å². The lowest BCUT2D eigenvalue weighted by molar-refractivity contribution is -0.138. The van der Waals surface area contributed by atoms with Crippen LogP contribution >= 0.6 is 11.6 Å². The molecule has 0 saturated carbocycles. The van der Waals surface area contributed by atoms with Crippen LogP contribution in [0.4, 0.5) is 23.7 Å². The van der Waals surface area contributed by atoms with Crippen LogP contribution in [0.3, 0.4) is 0 Å². The molecule has 0 unspecified atom stereocenters. The Morgan fingerprint density at radius 2 is 1.68 bits per heavy atom. The molecule has 0 aliphatic heterocycles. The van der Waals surface area contributed by atoms with Crippen molar-refractivity contribution < 1.29 is 18.0 Å². The fraction of sp³-hybridized carbons (Fsp3) is 0.133. The molecule has 0 bridgehead atoms. The van der Waals surface area contributed by atoms with Crippen molar-refractivity contribution in [3.05, 3.63) is 64.7 Å². The Hall–Kier alpha value is -2.21. The number of carbonyl (C=O) groups is 1. The van der Waals surface area contributed by atoms with Gasteiger partial charge in [-0.3, -0.25) is 0 Å². The second-order valence-corrected chi connectivity index (χ2v) is 4.85. The molecule has 116 valence electrons. The Morgan fingerprint density at radius 1 is 1.05 bits per heavy atom. The average Bonchev–Trinajstić information content (AvgIpc) is 2.47. The molecule has 2 rings (SSSR count). The first-order valence-electron chi connectivity index (χ1n) is 6.32. The van der Waals surface area contributed by atoms with Gasteiger partial charge in [-0.15, -0.1) is 0 Å². The molecule has 2 aromatic rings. The fourth-order valence-corrected chi connectivity index (χ4v) is 2.04. The molecule has 2 amide bonds. The molecule has 0 radical (unpaired) electrons. The van der Waals surface area contributed by atoms with Crippen LogP contribution in [0.15, 0.2) is 48.5 Å². The van der Waals surface area contributed by atoms with Gasteiger partial charge in [0.2, 0.25) is 0 Å². The van der Waals surface area contributed by atoms with Gasteiger partial charge in [0.05, 0.1) is 16.3 Å². The molecular formula is C15H12ClF3N2O. The van der Waals surface area contributed by atoms with Gasteiger partial charge in [0.25, 0.3) is 0 Å². The summed E-state index contributed by atoms with van der Waals surface area (Å²) in [4.78, 5) is 11.7. The predicted molar refractivity (Wildman–Crippen MR) is 78.8 cm³/mol. The normalized spacial score (nSPS) is 11.1. The topological polar surface area (TPSA) is 41.1 Å². The van der Waals surface area contributed by atoms with Crippen molar-refractivity contribution in [2.24, 2.45) is 0 Å². The van der Waals surface area contributed by atoms with Gasteiger partial charge in [0.15, 0.2) is 0 Å².